The minimum atomic E-state index is -0.588. The van der Waals surface area contributed by atoms with E-state index in [1.807, 2.05) is 66.7 Å². The molecule has 1 aromatic heterocycles. The number of Topliss-reactive ketones (excluding diaryl/α,β-unsaturated/α-hetero) is 1. The van der Waals surface area contributed by atoms with Crippen LogP contribution in [0.15, 0.2) is 85.1 Å². The summed E-state index contributed by atoms with van der Waals surface area (Å²) < 4.78 is 0. The number of aromatic nitrogens is 1. The highest BCUT2D eigenvalue weighted by molar-refractivity contribution is 6.11. The van der Waals surface area contributed by atoms with E-state index in [4.69, 9.17) is 0 Å². The van der Waals surface area contributed by atoms with Gasteiger partial charge < -0.3 is 15.2 Å². The summed E-state index contributed by atoms with van der Waals surface area (Å²) in [5.41, 5.74) is 3.69. The molecule has 1 unspecified atom stereocenters. The second kappa shape index (κ2) is 8.25. The van der Waals surface area contributed by atoms with E-state index in [2.05, 4.69) is 10.3 Å². The molecule has 150 valence electrons. The van der Waals surface area contributed by atoms with Gasteiger partial charge in [-0.25, -0.2) is 0 Å². The molecule has 4 aromatic rings. The number of hydrogen-bond acceptors (Lipinski definition) is 3. The summed E-state index contributed by atoms with van der Waals surface area (Å²) in [5, 5.41) is 4.24. The third-order valence-corrected chi connectivity index (χ3v) is 5.08. The quantitative estimate of drug-likeness (QED) is 0.455. The summed E-state index contributed by atoms with van der Waals surface area (Å²) in [7, 11) is 3.44. The van der Waals surface area contributed by atoms with Crippen molar-refractivity contribution in [2.24, 2.45) is 0 Å². The number of amides is 1. The van der Waals surface area contributed by atoms with Crippen molar-refractivity contribution in [1.29, 1.82) is 0 Å². The van der Waals surface area contributed by atoms with Gasteiger partial charge in [0.2, 0.25) is 0 Å². The molecule has 4 rings (SSSR count). The zero-order valence-electron chi connectivity index (χ0n) is 16.9. The fourth-order valence-corrected chi connectivity index (χ4v) is 3.54. The second-order valence-electron chi connectivity index (χ2n) is 7.38. The van der Waals surface area contributed by atoms with Crippen LogP contribution in [0.5, 0.6) is 0 Å². The first-order valence-corrected chi connectivity index (χ1v) is 9.78. The Hall–Kier alpha value is -3.86. The van der Waals surface area contributed by atoms with Crippen LogP contribution < -0.4 is 5.32 Å². The van der Waals surface area contributed by atoms with Crippen molar-refractivity contribution in [2.45, 2.75) is 6.04 Å². The maximum absolute atomic E-state index is 13.6. The Kier molecular flexibility index (Phi) is 5.35. The second-order valence-corrected chi connectivity index (χ2v) is 7.38. The summed E-state index contributed by atoms with van der Waals surface area (Å²) in [6.07, 6.45) is 1.76. The smallest absolute Gasteiger partial charge is 0.253 e. The third kappa shape index (κ3) is 3.82. The molecule has 0 radical (unpaired) electrons. The van der Waals surface area contributed by atoms with Crippen LogP contribution in [0.25, 0.3) is 10.9 Å². The lowest BCUT2D eigenvalue weighted by Gasteiger charge is -2.20. The number of aromatic amines is 1. The van der Waals surface area contributed by atoms with Crippen LogP contribution in [0.3, 0.4) is 0 Å². The fraction of sp³-hybridized carbons (Fsp3) is 0.120. The van der Waals surface area contributed by atoms with E-state index in [-0.39, 0.29) is 11.7 Å². The highest BCUT2D eigenvalue weighted by atomic mass is 16.2. The van der Waals surface area contributed by atoms with Crippen molar-refractivity contribution in [3.63, 3.8) is 0 Å². The van der Waals surface area contributed by atoms with E-state index >= 15 is 0 Å². The number of H-pyrrole nitrogens is 1. The molecule has 0 spiro atoms. The average Bonchev–Trinajstić information content (AvgIpc) is 3.21. The predicted octanol–water partition coefficient (Wildman–Crippen LogP) is 4.91. The van der Waals surface area contributed by atoms with E-state index in [9.17, 15) is 9.59 Å². The van der Waals surface area contributed by atoms with Gasteiger partial charge in [0.15, 0.2) is 5.78 Å². The summed E-state index contributed by atoms with van der Waals surface area (Å²) in [4.78, 5) is 30.7. The Labute approximate surface area is 175 Å². The largest absolute Gasteiger partial charge is 0.371 e. The molecule has 30 heavy (non-hydrogen) atoms. The van der Waals surface area contributed by atoms with E-state index in [0.717, 1.165) is 16.5 Å². The van der Waals surface area contributed by atoms with Crippen LogP contribution in [0, 0.1) is 0 Å². The van der Waals surface area contributed by atoms with Gasteiger partial charge in [0.25, 0.3) is 5.91 Å². The van der Waals surface area contributed by atoms with Crippen LogP contribution >= 0.6 is 0 Å². The first-order valence-electron chi connectivity index (χ1n) is 9.78. The van der Waals surface area contributed by atoms with E-state index < -0.39 is 6.04 Å². The number of carbonyl (C=O) groups excluding carboxylic acids is 2. The lowest BCUT2D eigenvalue weighted by molar-refractivity contribution is 0.0827. The molecule has 1 heterocycles. The molecule has 1 atom stereocenters. The molecule has 0 aliphatic carbocycles. The highest BCUT2D eigenvalue weighted by Gasteiger charge is 2.24. The number of fused-ring (bicyclic) bond motifs is 1. The molecular weight excluding hydrogens is 374 g/mol. The molecular formula is C25H23N3O2. The van der Waals surface area contributed by atoms with Crippen molar-refractivity contribution < 1.29 is 9.59 Å². The van der Waals surface area contributed by atoms with Crippen molar-refractivity contribution in [3.8, 4) is 0 Å². The van der Waals surface area contributed by atoms with Crippen LogP contribution in [0.2, 0.25) is 0 Å². The van der Waals surface area contributed by atoms with Gasteiger partial charge in [-0.1, -0.05) is 54.6 Å². The average molecular weight is 397 g/mol. The summed E-state index contributed by atoms with van der Waals surface area (Å²) >= 11 is 0. The maximum atomic E-state index is 13.6. The zero-order valence-corrected chi connectivity index (χ0v) is 16.9. The van der Waals surface area contributed by atoms with E-state index in [1.165, 1.54) is 4.90 Å². The van der Waals surface area contributed by atoms with Crippen molar-refractivity contribution >= 4 is 28.3 Å². The minimum absolute atomic E-state index is 0.0389. The van der Waals surface area contributed by atoms with Gasteiger partial charge in [-0.05, 0) is 29.8 Å². The van der Waals surface area contributed by atoms with Gasteiger partial charge in [-0.15, -0.1) is 0 Å². The number of hydrogen-bond donors (Lipinski definition) is 2. The van der Waals surface area contributed by atoms with Gasteiger partial charge in [-0.2, -0.15) is 0 Å². The van der Waals surface area contributed by atoms with Gasteiger partial charge >= 0.3 is 0 Å². The van der Waals surface area contributed by atoms with Crippen LogP contribution in [-0.2, 0) is 0 Å². The first-order chi connectivity index (χ1) is 14.5. The Bertz CT molecular complexity index is 1200. The summed E-state index contributed by atoms with van der Waals surface area (Å²) in [5.74, 6) is -0.124. The lowest BCUT2D eigenvalue weighted by atomic mass is 9.96. The summed E-state index contributed by atoms with van der Waals surface area (Å²) in [6, 6.07) is 24.0. The van der Waals surface area contributed by atoms with E-state index in [0.29, 0.717) is 16.8 Å². The Morgan fingerprint density at radius 3 is 2.40 bits per heavy atom. The van der Waals surface area contributed by atoms with Crippen LogP contribution in [0.1, 0.15) is 32.3 Å². The molecule has 0 aliphatic rings. The zero-order chi connectivity index (χ0) is 21.1. The van der Waals surface area contributed by atoms with Gasteiger partial charge in [0.05, 0.1) is 0 Å². The summed E-state index contributed by atoms with van der Waals surface area (Å²) in [6.45, 7) is 0. The molecule has 3 aromatic carbocycles. The topological polar surface area (TPSA) is 65.2 Å². The molecule has 5 heteroatoms. The maximum Gasteiger partial charge on any atom is 0.253 e. The molecule has 1 amide bonds. The number of carbonyl (C=O) groups is 2. The molecule has 5 nitrogen and oxygen atoms in total. The van der Waals surface area contributed by atoms with Crippen molar-refractivity contribution in [3.05, 3.63) is 102 Å². The Morgan fingerprint density at radius 1 is 0.900 bits per heavy atom. The number of benzene rings is 3. The minimum Gasteiger partial charge on any atom is -0.371 e. The van der Waals surface area contributed by atoms with Gasteiger partial charge in [-0.3, -0.25) is 9.59 Å². The third-order valence-electron chi connectivity index (χ3n) is 5.08. The number of anilines is 1. The number of para-hydroxylation sites is 1. The Balaban J connectivity index is 1.72. The standard InChI is InChI=1S/C25H23N3O2/c1-28(2)25(30)18-11-8-12-19(15-18)27-23(17-9-4-3-5-10-17)24(29)21-16-26-22-14-7-6-13-20(21)22/h3-16,23,26-27H,1-2H3. The number of ketones is 1. The van der Waals surface area contributed by atoms with Crippen LogP contribution in [-0.4, -0.2) is 35.7 Å². The highest BCUT2D eigenvalue weighted by Crippen LogP contribution is 2.28. The van der Waals surface area contributed by atoms with Crippen LogP contribution in [0.4, 0.5) is 5.69 Å². The molecule has 0 fully saturated rings. The molecule has 0 saturated heterocycles. The Morgan fingerprint density at radius 2 is 1.63 bits per heavy atom. The SMILES string of the molecule is CN(C)C(=O)c1cccc(NC(C(=O)c2c[nH]c3ccccc23)c2ccccc2)c1. The number of nitrogens with zero attached hydrogens (tertiary/aromatic N) is 1. The lowest BCUT2D eigenvalue weighted by Crippen LogP contribution is -2.23. The monoisotopic (exact) mass is 397 g/mol. The number of nitrogens with one attached hydrogen (secondary N) is 2. The molecule has 0 bridgehead atoms. The normalized spacial score (nSPS) is 11.8. The van der Waals surface area contributed by atoms with Gasteiger partial charge in [0, 0.05) is 48.0 Å². The predicted molar refractivity (Wildman–Crippen MR) is 120 cm³/mol. The first kappa shape index (κ1) is 19.5. The molecule has 2 N–H and O–H groups in total. The molecule has 0 aliphatic heterocycles. The molecule has 0 saturated carbocycles. The van der Waals surface area contributed by atoms with Crippen molar-refractivity contribution in [2.75, 3.05) is 19.4 Å². The fourth-order valence-electron chi connectivity index (χ4n) is 3.54. The van der Waals surface area contributed by atoms with E-state index in [1.54, 1.807) is 32.4 Å². The van der Waals surface area contributed by atoms with Gasteiger partial charge in [0.1, 0.15) is 6.04 Å². The number of rotatable bonds is 6. The van der Waals surface area contributed by atoms with Crippen molar-refractivity contribution in [1.82, 2.24) is 9.88 Å².